The largest absolute Gasteiger partial charge is 0.316 e. The second kappa shape index (κ2) is 5.26. The van der Waals surface area contributed by atoms with Gasteiger partial charge < -0.3 is 5.32 Å². The summed E-state index contributed by atoms with van der Waals surface area (Å²) in [6.07, 6.45) is 4.54. The van der Waals surface area contributed by atoms with Gasteiger partial charge in [0.05, 0.1) is 0 Å². The van der Waals surface area contributed by atoms with E-state index in [0.717, 1.165) is 31.4 Å². The van der Waals surface area contributed by atoms with E-state index in [1.54, 1.807) is 0 Å². The molecule has 1 atom stereocenters. The molecular formula is C14H19NO. The van der Waals surface area contributed by atoms with Crippen LogP contribution in [0, 0.1) is 12.8 Å². The Hall–Kier alpha value is -1.15. The van der Waals surface area contributed by atoms with Crippen LogP contribution in [-0.4, -0.2) is 19.4 Å². The van der Waals surface area contributed by atoms with E-state index >= 15 is 0 Å². The zero-order chi connectivity index (χ0) is 11.4. The van der Waals surface area contributed by atoms with Gasteiger partial charge in [0, 0.05) is 5.56 Å². The molecular weight excluding hydrogens is 198 g/mol. The zero-order valence-electron chi connectivity index (χ0n) is 9.83. The second-order valence-corrected chi connectivity index (χ2v) is 4.74. The summed E-state index contributed by atoms with van der Waals surface area (Å²) in [4.78, 5) is 11.0. The van der Waals surface area contributed by atoms with Crippen molar-refractivity contribution in [3.05, 3.63) is 34.9 Å². The SMILES string of the molecule is Cc1ccc(C=O)c(CC2CCCNC2)c1. The number of carbonyl (C=O) groups is 1. The number of aldehydes is 1. The highest BCUT2D eigenvalue weighted by Gasteiger charge is 2.15. The van der Waals surface area contributed by atoms with Gasteiger partial charge in [0.2, 0.25) is 0 Å². The molecule has 0 amide bonds. The lowest BCUT2D eigenvalue weighted by Crippen LogP contribution is -2.31. The van der Waals surface area contributed by atoms with Crippen molar-refractivity contribution < 1.29 is 4.79 Å². The van der Waals surface area contributed by atoms with Gasteiger partial charge in [0.25, 0.3) is 0 Å². The van der Waals surface area contributed by atoms with Gasteiger partial charge in [-0.25, -0.2) is 0 Å². The van der Waals surface area contributed by atoms with Crippen LogP contribution in [0.4, 0.5) is 0 Å². The highest BCUT2D eigenvalue weighted by Crippen LogP contribution is 2.19. The van der Waals surface area contributed by atoms with E-state index < -0.39 is 0 Å². The van der Waals surface area contributed by atoms with E-state index in [2.05, 4.69) is 18.3 Å². The molecule has 1 heterocycles. The highest BCUT2D eigenvalue weighted by atomic mass is 16.1. The van der Waals surface area contributed by atoms with E-state index in [9.17, 15) is 4.79 Å². The normalized spacial score (nSPS) is 20.7. The molecule has 1 saturated heterocycles. The van der Waals surface area contributed by atoms with Gasteiger partial charge in [-0.05, 0) is 50.8 Å². The van der Waals surface area contributed by atoms with Gasteiger partial charge in [-0.2, -0.15) is 0 Å². The van der Waals surface area contributed by atoms with Crippen LogP contribution in [0.1, 0.15) is 34.3 Å². The van der Waals surface area contributed by atoms with Crippen molar-refractivity contribution in [3.63, 3.8) is 0 Å². The lowest BCUT2D eigenvalue weighted by molar-refractivity contribution is 0.112. The van der Waals surface area contributed by atoms with Crippen LogP contribution in [-0.2, 0) is 6.42 Å². The zero-order valence-corrected chi connectivity index (χ0v) is 9.83. The molecule has 1 aliphatic heterocycles. The minimum atomic E-state index is 0.689. The maximum Gasteiger partial charge on any atom is 0.150 e. The number of nitrogens with one attached hydrogen (secondary N) is 1. The van der Waals surface area contributed by atoms with Crippen molar-refractivity contribution in [1.29, 1.82) is 0 Å². The first-order chi connectivity index (χ1) is 7.79. The Bertz CT molecular complexity index is 367. The third-order valence-electron chi connectivity index (χ3n) is 3.33. The summed E-state index contributed by atoms with van der Waals surface area (Å²) in [6.45, 7) is 4.31. The van der Waals surface area contributed by atoms with Crippen molar-refractivity contribution in [2.45, 2.75) is 26.2 Å². The molecule has 2 nitrogen and oxygen atoms in total. The smallest absolute Gasteiger partial charge is 0.150 e. The van der Waals surface area contributed by atoms with Gasteiger partial charge in [-0.15, -0.1) is 0 Å². The van der Waals surface area contributed by atoms with Gasteiger partial charge in [-0.1, -0.05) is 23.8 Å². The summed E-state index contributed by atoms with van der Waals surface area (Å²) in [6, 6.07) is 6.10. The molecule has 0 aromatic heterocycles. The number of benzene rings is 1. The molecule has 1 aliphatic rings. The molecule has 2 heteroatoms. The molecule has 0 spiro atoms. The molecule has 86 valence electrons. The summed E-state index contributed by atoms with van der Waals surface area (Å²) < 4.78 is 0. The predicted octanol–water partition coefficient (Wildman–Crippen LogP) is 2.35. The number of carbonyl (C=O) groups excluding carboxylic acids is 1. The summed E-state index contributed by atoms with van der Waals surface area (Å²) in [5, 5.41) is 3.42. The number of hydrogen-bond donors (Lipinski definition) is 1. The van der Waals surface area contributed by atoms with Crippen molar-refractivity contribution in [3.8, 4) is 0 Å². The van der Waals surface area contributed by atoms with E-state index in [4.69, 9.17) is 0 Å². The number of aryl methyl sites for hydroxylation is 1. The first-order valence-corrected chi connectivity index (χ1v) is 6.05. The van der Waals surface area contributed by atoms with Crippen LogP contribution in [0.25, 0.3) is 0 Å². The number of rotatable bonds is 3. The van der Waals surface area contributed by atoms with Crippen LogP contribution in [0.5, 0.6) is 0 Å². The molecule has 16 heavy (non-hydrogen) atoms. The van der Waals surface area contributed by atoms with E-state index in [0.29, 0.717) is 5.92 Å². The van der Waals surface area contributed by atoms with E-state index in [1.807, 2.05) is 12.1 Å². The molecule has 0 bridgehead atoms. The van der Waals surface area contributed by atoms with Crippen molar-refractivity contribution >= 4 is 6.29 Å². The van der Waals surface area contributed by atoms with Crippen molar-refractivity contribution in [2.75, 3.05) is 13.1 Å². The maximum atomic E-state index is 11.0. The highest BCUT2D eigenvalue weighted by molar-refractivity contribution is 5.77. The minimum Gasteiger partial charge on any atom is -0.316 e. The molecule has 1 fully saturated rings. The number of hydrogen-bond acceptors (Lipinski definition) is 2. The lowest BCUT2D eigenvalue weighted by Gasteiger charge is -2.23. The monoisotopic (exact) mass is 217 g/mol. The molecule has 1 aromatic carbocycles. The van der Waals surface area contributed by atoms with Gasteiger partial charge in [-0.3, -0.25) is 4.79 Å². The summed E-state index contributed by atoms with van der Waals surface area (Å²) >= 11 is 0. The molecule has 1 N–H and O–H groups in total. The fraction of sp³-hybridized carbons (Fsp3) is 0.500. The fourth-order valence-corrected chi connectivity index (χ4v) is 2.44. The quantitative estimate of drug-likeness (QED) is 0.787. The third kappa shape index (κ3) is 2.70. The first kappa shape index (κ1) is 11.3. The van der Waals surface area contributed by atoms with Crippen LogP contribution < -0.4 is 5.32 Å². The van der Waals surface area contributed by atoms with Crippen LogP contribution in [0.2, 0.25) is 0 Å². The standard InChI is InChI=1S/C14H19NO/c1-11-4-5-13(10-16)14(7-11)8-12-3-2-6-15-9-12/h4-5,7,10,12,15H,2-3,6,8-9H2,1H3. The van der Waals surface area contributed by atoms with Crippen molar-refractivity contribution in [1.82, 2.24) is 5.32 Å². The first-order valence-electron chi connectivity index (χ1n) is 6.05. The average molecular weight is 217 g/mol. The topological polar surface area (TPSA) is 29.1 Å². The van der Waals surface area contributed by atoms with Crippen LogP contribution in [0.3, 0.4) is 0 Å². The Morgan fingerprint density at radius 3 is 3.06 bits per heavy atom. The summed E-state index contributed by atoms with van der Waals surface area (Å²) in [5.41, 5.74) is 3.31. The van der Waals surface area contributed by atoms with Gasteiger partial charge >= 0.3 is 0 Å². The minimum absolute atomic E-state index is 0.689. The van der Waals surface area contributed by atoms with E-state index in [-0.39, 0.29) is 0 Å². The Morgan fingerprint density at radius 2 is 2.38 bits per heavy atom. The summed E-state index contributed by atoms with van der Waals surface area (Å²) in [7, 11) is 0. The third-order valence-corrected chi connectivity index (χ3v) is 3.33. The van der Waals surface area contributed by atoms with Gasteiger partial charge in [0.15, 0.2) is 0 Å². The van der Waals surface area contributed by atoms with Gasteiger partial charge in [0.1, 0.15) is 6.29 Å². The molecule has 0 radical (unpaired) electrons. The Balaban J connectivity index is 2.12. The Morgan fingerprint density at radius 1 is 1.50 bits per heavy atom. The van der Waals surface area contributed by atoms with Crippen LogP contribution in [0.15, 0.2) is 18.2 Å². The molecule has 0 aliphatic carbocycles. The second-order valence-electron chi connectivity index (χ2n) is 4.74. The summed E-state index contributed by atoms with van der Waals surface area (Å²) in [5.74, 6) is 0.689. The predicted molar refractivity (Wildman–Crippen MR) is 65.9 cm³/mol. The molecule has 1 aromatic rings. The average Bonchev–Trinajstić information content (AvgIpc) is 2.31. The van der Waals surface area contributed by atoms with Crippen molar-refractivity contribution in [2.24, 2.45) is 5.92 Å². The molecule has 2 rings (SSSR count). The van der Waals surface area contributed by atoms with E-state index in [1.165, 1.54) is 24.0 Å². The lowest BCUT2D eigenvalue weighted by atomic mass is 9.90. The Labute approximate surface area is 97.1 Å². The molecule has 0 saturated carbocycles. The molecule has 1 unspecified atom stereocenters. The Kier molecular flexibility index (Phi) is 3.73. The number of piperidine rings is 1. The maximum absolute atomic E-state index is 11.0. The fourth-order valence-electron chi connectivity index (χ4n) is 2.44. The van der Waals surface area contributed by atoms with Crippen LogP contribution >= 0.6 is 0 Å².